The van der Waals surface area contributed by atoms with Gasteiger partial charge in [0, 0.05) is 0 Å². The zero-order chi connectivity index (χ0) is 12.3. The minimum atomic E-state index is -1.62. The van der Waals surface area contributed by atoms with Crippen molar-refractivity contribution in [1.82, 2.24) is 0 Å². The molecule has 0 aromatic heterocycles. The molecule has 0 aliphatic rings. The van der Waals surface area contributed by atoms with Crippen molar-refractivity contribution < 1.29 is 18.7 Å². The van der Waals surface area contributed by atoms with Gasteiger partial charge in [0.25, 0.3) is 0 Å². The maximum atomic E-state index is 13.3. The van der Waals surface area contributed by atoms with Gasteiger partial charge in [0.15, 0.2) is 17.4 Å². The van der Waals surface area contributed by atoms with Crippen molar-refractivity contribution in [2.75, 3.05) is 0 Å². The number of carbonyl (C=O) groups excluding carboxylic acids is 1. The molecule has 0 fully saturated rings. The minimum absolute atomic E-state index is 0.165. The molecular weight excluding hydrogens is 214 g/mol. The molecule has 4 heteroatoms. The van der Waals surface area contributed by atoms with Gasteiger partial charge in [-0.1, -0.05) is 19.9 Å². The summed E-state index contributed by atoms with van der Waals surface area (Å²) in [5.41, 5.74) is -2.01. The zero-order valence-corrected chi connectivity index (χ0v) is 9.26. The average molecular weight is 228 g/mol. The highest BCUT2D eigenvalue weighted by Gasteiger charge is 2.34. The standard InChI is InChI=1S/C12H14F2O2/c1-3-12(16,4-2)11(15)8-6-5-7-9(13)10(8)14/h5-7,16H,3-4H2,1-2H3. The Balaban J connectivity index is 3.19. The fourth-order valence-corrected chi connectivity index (χ4v) is 1.50. The van der Waals surface area contributed by atoms with Gasteiger partial charge in [0.05, 0.1) is 5.56 Å². The van der Waals surface area contributed by atoms with Crippen LogP contribution >= 0.6 is 0 Å². The lowest BCUT2D eigenvalue weighted by atomic mass is 9.88. The van der Waals surface area contributed by atoms with Crippen LogP contribution in [0.15, 0.2) is 18.2 Å². The monoisotopic (exact) mass is 228 g/mol. The predicted molar refractivity (Wildman–Crippen MR) is 56.2 cm³/mol. The van der Waals surface area contributed by atoms with Crippen LogP contribution in [0.1, 0.15) is 37.0 Å². The Kier molecular flexibility index (Phi) is 3.75. The van der Waals surface area contributed by atoms with E-state index in [1.54, 1.807) is 13.8 Å². The molecule has 1 aromatic carbocycles. The third-order valence-corrected chi connectivity index (χ3v) is 2.79. The topological polar surface area (TPSA) is 37.3 Å². The summed E-state index contributed by atoms with van der Waals surface area (Å²) in [5.74, 6) is -3.05. The van der Waals surface area contributed by atoms with E-state index < -0.39 is 28.6 Å². The highest BCUT2D eigenvalue weighted by molar-refractivity contribution is 6.02. The van der Waals surface area contributed by atoms with Crippen LogP contribution in [0.5, 0.6) is 0 Å². The Morgan fingerprint density at radius 2 is 1.88 bits per heavy atom. The molecule has 1 aromatic rings. The summed E-state index contributed by atoms with van der Waals surface area (Å²) in [7, 11) is 0. The normalized spacial score (nSPS) is 11.6. The first-order valence-electron chi connectivity index (χ1n) is 5.17. The van der Waals surface area contributed by atoms with Gasteiger partial charge in [-0.05, 0) is 25.0 Å². The maximum Gasteiger partial charge on any atom is 0.197 e. The molecule has 0 unspecified atom stereocenters. The Morgan fingerprint density at radius 1 is 1.31 bits per heavy atom. The lowest BCUT2D eigenvalue weighted by Gasteiger charge is -2.23. The maximum absolute atomic E-state index is 13.3. The van der Waals surface area contributed by atoms with E-state index in [-0.39, 0.29) is 12.8 Å². The van der Waals surface area contributed by atoms with E-state index in [1.807, 2.05) is 0 Å². The Labute approximate surface area is 92.9 Å². The van der Waals surface area contributed by atoms with Crippen LogP contribution in [0.25, 0.3) is 0 Å². The largest absolute Gasteiger partial charge is 0.382 e. The van der Waals surface area contributed by atoms with Crippen molar-refractivity contribution in [2.24, 2.45) is 0 Å². The van der Waals surface area contributed by atoms with E-state index in [9.17, 15) is 18.7 Å². The summed E-state index contributed by atoms with van der Waals surface area (Å²) in [4.78, 5) is 11.8. The molecular formula is C12H14F2O2. The van der Waals surface area contributed by atoms with Crippen molar-refractivity contribution in [3.8, 4) is 0 Å². The molecule has 0 aliphatic carbocycles. The number of aliphatic hydroxyl groups is 1. The van der Waals surface area contributed by atoms with E-state index in [0.29, 0.717) is 0 Å². The smallest absolute Gasteiger partial charge is 0.197 e. The Morgan fingerprint density at radius 3 is 2.38 bits per heavy atom. The lowest BCUT2D eigenvalue weighted by Crippen LogP contribution is -2.37. The molecule has 16 heavy (non-hydrogen) atoms. The Hall–Kier alpha value is -1.29. The van der Waals surface area contributed by atoms with Gasteiger partial charge in [0.1, 0.15) is 5.60 Å². The van der Waals surface area contributed by atoms with Gasteiger partial charge in [-0.3, -0.25) is 4.79 Å². The van der Waals surface area contributed by atoms with Crippen LogP contribution in [-0.4, -0.2) is 16.5 Å². The number of ketones is 1. The molecule has 88 valence electrons. The number of halogens is 2. The summed E-state index contributed by atoms with van der Waals surface area (Å²) >= 11 is 0. The van der Waals surface area contributed by atoms with Gasteiger partial charge >= 0.3 is 0 Å². The molecule has 1 N–H and O–H groups in total. The van der Waals surface area contributed by atoms with Crippen LogP contribution in [0.2, 0.25) is 0 Å². The van der Waals surface area contributed by atoms with E-state index in [4.69, 9.17) is 0 Å². The number of Topliss-reactive ketones (excluding diaryl/α,β-unsaturated/α-hetero) is 1. The summed E-state index contributed by atoms with van der Waals surface area (Å²) in [5, 5.41) is 9.93. The first-order chi connectivity index (χ1) is 7.46. The van der Waals surface area contributed by atoms with Gasteiger partial charge in [-0.25, -0.2) is 8.78 Å². The second-order valence-electron chi connectivity index (χ2n) is 3.67. The van der Waals surface area contributed by atoms with Crippen LogP contribution < -0.4 is 0 Å². The van der Waals surface area contributed by atoms with Gasteiger partial charge in [0.2, 0.25) is 0 Å². The molecule has 0 heterocycles. The SMILES string of the molecule is CCC(O)(CC)C(=O)c1cccc(F)c1F. The van der Waals surface area contributed by atoms with Crippen molar-refractivity contribution in [1.29, 1.82) is 0 Å². The summed E-state index contributed by atoms with van der Waals surface area (Å²) < 4.78 is 26.3. The number of carbonyl (C=O) groups is 1. The van der Waals surface area contributed by atoms with E-state index in [1.165, 1.54) is 12.1 Å². The van der Waals surface area contributed by atoms with E-state index in [2.05, 4.69) is 0 Å². The molecule has 0 radical (unpaired) electrons. The van der Waals surface area contributed by atoms with E-state index in [0.717, 1.165) is 6.07 Å². The molecule has 0 spiro atoms. The van der Waals surface area contributed by atoms with Crippen molar-refractivity contribution in [2.45, 2.75) is 32.3 Å². The van der Waals surface area contributed by atoms with Crippen LogP contribution in [-0.2, 0) is 0 Å². The third-order valence-electron chi connectivity index (χ3n) is 2.79. The van der Waals surface area contributed by atoms with Crippen LogP contribution in [0.3, 0.4) is 0 Å². The summed E-state index contributed by atoms with van der Waals surface area (Å²) in [6.07, 6.45) is 0.330. The van der Waals surface area contributed by atoms with Crippen molar-refractivity contribution in [3.63, 3.8) is 0 Å². The second-order valence-corrected chi connectivity index (χ2v) is 3.67. The fourth-order valence-electron chi connectivity index (χ4n) is 1.50. The quantitative estimate of drug-likeness (QED) is 0.804. The molecule has 0 amide bonds. The van der Waals surface area contributed by atoms with Crippen LogP contribution in [0, 0.1) is 11.6 Å². The Bertz CT molecular complexity index is 398. The number of hydrogen-bond donors (Lipinski definition) is 1. The molecule has 2 nitrogen and oxygen atoms in total. The van der Waals surface area contributed by atoms with E-state index >= 15 is 0 Å². The number of rotatable bonds is 4. The first-order valence-corrected chi connectivity index (χ1v) is 5.17. The average Bonchev–Trinajstić information content (AvgIpc) is 2.31. The molecule has 0 saturated heterocycles. The summed E-state index contributed by atoms with van der Waals surface area (Å²) in [6, 6.07) is 3.36. The highest BCUT2D eigenvalue weighted by Crippen LogP contribution is 2.23. The second kappa shape index (κ2) is 4.70. The van der Waals surface area contributed by atoms with Gasteiger partial charge in [-0.2, -0.15) is 0 Å². The predicted octanol–water partition coefficient (Wildman–Crippen LogP) is 2.70. The summed E-state index contributed by atoms with van der Waals surface area (Å²) in [6.45, 7) is 3.25. The molecule has 0 saturated carbocycles. The minimum Gasteiger partial charge on any atom is -0.382 e. The van der Waals surface area contributed by atoms with Crippen molar-refractivity contribution in [3.05, 3.63) is 35.4 Å². The number of hydrogen-bond acceptors (Lipinski definition) is 2. The number of benzene rings is 1. The molecule has 0 aliphatic heterocycles. The first kappa shape index (κ1) is 12.8. The lowest BCUT2D eigenvalue weighted by molar-refractivity contribution is 0.0273. The van der Waals surface area contributed by atoms with Crippen LogP contribution in [0.4, 0.5) is 8.78 Å². The third kappa shape index (κ3) is 2.11. The van der Waals surface area contributed by atoms with Gasteiger partial charge < -0.3 is 5.11 Å². The molecule has 0 atom stereocenters. The van der Waals surface area contributed by atoms with Gasteiger partial charge in [-0.15, -0.1) is 0 Å². The highest BCUT2D eigenvalue weighted by atomic mass is 19.2. The zero-order valence-electron chi connectivity index (χ0n) is 9.26. The van der Waals surface area contributed by atoms with Crippen molar-refractivity contribution >= 4 is 5.78 Å². The molecule has 0 bridgehead atoms. The molecule has 1 rings (SSSR count). The fraction of sp³-hybridized carbons (Fsp3) is 0.417.